The molecule has 178 valence electrons. The van der Waals surface area contributed by atoms with Gasteiger partial charge in [-0.1, -0.05) is 84.9 Å². The quantitative estimate of drug-likeness (QED) is 0.217. The Hall–Kier alpha value is -4.45. The lowest BCUT2D eigenvalue weighted by molar-refractivity contribution is 1.08. The maximum absolute atomic E-state index is 5.09. The molecule has 0 bridgehead atoms. The normalized spacial score (nSPS) is 11.7. The summed E-state index contributed by atoms with van der Waals surface area (Å²) in [5.74, 6) is 2.08. The molecule has 0 amide bonds. The van der Waals surface area contributed by atoms with Gasteiger partial charge in [-0.15, -0.1) is 11.3 Å². The molecule has 0 aliphatic rings. The first-order valence-corrected chi connectivity index (χ1v) is 14.2. The molecule has 0 aliphatic heterocycles. The minimum Gasteiger partial charge on any atom is -0.208 e. The highest BCUT2D eigenvalue weighted by atomic mass is 32.1. The third-order valence-corrected chi connectivity index (χ3v) is 9.38. The molecule has 0 radical (unpaired) electrons. The molecular weight excluding hydrogens is 503 g/mol. The zero-order valence-corrected chi connectivity index (χ0v) is 21.9. The summed E-state index contributed by atoms with van der Waals surface area (Å²) >= 11 is 3.03. The van der Waals surface area contributed by atoms with Crippen molar-refractivity contribution in [2.45, 2.75) is 0 Å². The molecule has 0 unspecified atom stereocenters. The summed E-state index contributed by atoms with van der Waals surface area (Å²) in [6.07, 6.45) is 0. The Balaban J connectivity index is 1.39. The van der Waals surface area contributed by atoms with Crippen molar-refractivity contribution in [2.24, 2.45) is 0 Å². The highest BCUT2D eigenvalue weighted by molar-refractivity contribution is 7.26. The standard InChI is InChI=1S/C33H19N3S2/c1-2-9-20(10-3-1)31-34-32(21-17-18-23-22-11-4-6-14-26(22)38-29(23)19-21)36-33(35-31)25-13-8-16-28-30(25)24-12-5-7-15-27(24)37-28/h1-19H/p+1. The Morgan fingerprint density at radius 2 is 1.16 bits per heavy atom. The van der Waals surface area contributed by atoms with E-state index in [0.29, 0.717) is 17.5 Å². The van der Waals surface area contributed by atoms with Gasteiger partial charge in [-0.3, -0.25) is 0 Å². The summed E-state index contributed by atoms with van der Waals surface area (Å²) in [5, 5.41) is 5.04. The largest absolute Gasteiger partial charge is 0.208 e. The van der Waals surface area contributed by atoms with Gasteiger partial charge in [0, 0.05) is 42.2 Å². The Labute approximate surface area is 226 Å². The van der Waals surface area contributed by atoms with Crippen molar-refractivity contribution < 1.29 is 0 Å². The molecule has 3 aromatic heterocycles. The van der Waals surface area contributed by atoms with Crippen LogP contribution in [0.15, 0.2) is 115 Å². The lowest BCUT2D eigenvalue weighted by Crippen LogP contribution is -2.00. The number of hydrogen-bond donors (Lipinski definition) is 0. The van der Waals surface area contributed by atoms with Crippen LogP contribution in [-0.2, 0) is 0 Å². The van der Waals surface area contributed by atoms with Crippen LogP contribution in [0.4, 0.5) is 0 Å². The lowest BCUT2D eigenvalue weighted by Gasteiger charge is -2.09. The van der Waals surface area contributed by atoms with Crippen LogP contribution in [0.2, 0.25) is 0 Å². The van der Waals surface area contributed by atoms with Crippen LogP contribution < -0.4 is 0 Å². The zero-order chi connectivity index (χ0) is 25.1. The van der Waals surface area contributed by atoms with Crippen molar-refractivity contribution in [3.8, 4) is 34.2 Å². The van der Waals surface area contributed by atoms with Crippen LogP contribution in [0.1, 0.15) is 0 Å². The first-order valence-electron chi connectivity index (χ1n) is 12.5. The Kier molecular flexibility index (Phi) is 4.87. The van der Waals surface area contributed by atoms with E-state index in [0.717, 1.165) is 16.7 Å². The molecule has 8 aromatic rings. The summed E-state index contributed by atoms with van der Waals surface area (Å²) in [7, 11) is 0. The lowest BCUT2D eigenvalue weighted by atomic mass is 10.1. The van der Waals surface area contributed by atoms with Gasteiger partial charge in [0.05, 0.1) is 5.39 Å². The van der Waals surface area contributed by atoms with E-state index in [1.54, 1.807) is 0 Å². The van der Waals surface area contributed by atoms with Crippen molar-refractivity contribution in [2.75, 3.05) is 0 Å². The van der Waals surface area contributed by atoms with E-state index in [9.17, 15) is 0 Å². The third kappa shape index (κ3) is 3.44. The molecule has 0 spiro atoms. The molecule has 0 saturated heterocycles. The van der Waals surface area contributed by atoms with Gasteiger partial charge in [-0.25, -0.2) is 15.0 Å². The summed E-state index contributed by atoms with van der Waals surface area (Å²) in [5.41, 5.74) is 3.02. The zero-order valence-electron chi connectivity index (χ0n) is 20.2. The average Bonchev–Trinajstić information content (AvgIpc) is 3.55. The smallest absolute Gasteiger partial charge is 0.180 e. The number of nitrogens with zero attached hydrogens (tertiary/aromatic N) is 3. The molecule has 0 atom stereocenters. The minimum atomic E-state index is 0.684. The molecule has 5 heteroatoms. The van der Waals surface area contributed by atoms with Crippen molar-refractivity contribution in [3.63, 3.8) is 0 Å². The van der Waals surface area contributed by atoms with Crippen LogP contribution >= 0.6 is 22.7 Å². The number of fused-ring (bicyclic) bond motifs is 6. The maximum atomic E-state index is 5.09. The second kappa shape index (κ2) is 8.55. The molecule has 3 heterocycles. The van der Waals surface area contributed by atoms with Gasteiger partial charge in [0.1, 0.15) is 0 Å². The van der Waals surface area contributed by atoms with Crippen LogP contribution in [-0.4, -0.2) is 15.0 Å². The molecule has 38 heavy (non-hydrogen) atoms. The minimum absolute atomic E-state index is 0.684. The van der Waals surface area contributed by atoms with Crippen LogP contribution in [0.5, 0.6) is 0 Å². The third-order valence-electron chi connectivity index (χ3n) is 7.00. The first-order chi connectivity index (χ1) is 18.8. The monoisotopic (exact) mass is 522 g/mol. The summed E-state index contributed by atoms with van der Waals surface area (Å²) in [6.45, 7) is 0. The van der Waals surface area contributed by atoms with Crippen molar-refractivity contribution >= 4 is 63.0 Å². The summed E-state index contributed by atoms with van der Waals surface area (Å²) < 4.78 is 5.14. The van der Waals surface area contributed by atoms with Crippen LogP contribution in [0.3, 0.4) is 0 Å². The molecule has 8 rings (SSSR count). The van der Waals surface area contributed by atoms with Gasteiger partial charge >= 0.3 is 0 Å². The second-order valence-corrected chi connectivity index (χ2v) is 11.6. The Bertz CT molecular complexity index is 2140. The van der Waals surface area contributed by atoms with Gasteiger partial charge < -0.3 is 0 Å². The van der Waals surface area contributed by atoms with E-state index in [1.807, 2.05) is 29.5 Å². The van der Waals surface area contributed by atoms with E-state index in [4.69, 9.17) is 15.0 Å². The second-order valence-electron chi connectivity index (χ2n) is 9.31. The van der Waals surface area contributed by atoms with Crippen molar-refractivity contribution in [1.82, 2.24) is 15.0 Å². The van der Waals surface area contributed by atoms with E-state index < -0.39 is 0 Å². The average molecular weight is 523 g/mol. The van der Waals surface area contributed by atoms with E-state index in [2.05, 4.69) is 97.1 Å². The molecule has 0 fully saturated rings. The van der Waals surface area contributed by atoms with Crippen LogP contribution in [0.25, 0.3) is 74.5 Å². The Morgan fingerprint density at radius 1 is 0.474 bits per heavy atom. The summed E-state index contributed by atoms with van der Waals surface area (Å²) in [6, 6.07) is 40.4. The van der Waals surface area contributed by atoms with Gasteiger partial charge in [0.15, 0.2) is 26.9 Å². The van der Waals surface area contributed by atoms with Crippen LogP contribution in [0, 0.1) is 0 Å². The van der Waals surface area contributed by atoms with Gasteiger partial charge in [0.2, 0.25) is 0 Å². The predicted molar refractivity (Wildman–Crippen MR) is 163 cm³/mol. The van der Waals surface area contributed by atoms with E-state index in [-0.39, 0.29) is 0 Å². The Morgan fingerprint density at radius 3 is 2.05 bits per heavy atom. The number of hydrogen-bond acceptors (Lipinski definition) is 4. The molecule has 0 aliphatic carbocycles. The molecule has 3 nitrogen and oxygen atoms in total. The number of benzene rings is 5. The first kappa shape index (κ1) is 21.6. The van der Waals surface area contributed by atoms with E-state index >= 15 is 0 Å². The van der Waals surface area contributed by atoms with Gasteiger partial charge in [-0.05, 0) is 41.7 Å². The fourth-order valence-electron chi connectivity index (χ4n) is 5.22. The van der Waals surface area contributed by atoms with Crippen molar-refractivity contribution in [1.29, 1.82) is 0 Å². The van der Waals surface area contributed by atoms with Gasteiger partial charge in [0.25, 0.3) is 0 Å². The highest BCUT2D eigenvalue weighted by Crippen LogP contribution is 2.40. The SMILES string of the molecule is c1ccc(-c2nc(-c3ccc4c(c3)sc3ccccc34)nc(-c3cccc4[sH+]c5ccccc5c34)n2)cc1. The van der Waals surface area contributed by atoms with E-state index in [1.165, 1.54) is 51.7 Å². The molecule has 5 aromatic carbocycles. The number of thiophene rings is 2. The predicted octanol–water partition coefficient (Wildman–Crippen LogP) is 9.34. The topological polar surface area (TPSA) is 38.7 Å². The fraction of sp³-hybridized carbons (Fsp3) is 0. The molecule has 0 N–H and O–H groups in total. The maximum Gasteiger partial charge on any atom is 0.180 e. The molecular formula is C33H20N3S2+. The summed E-state index contributed by atoms with van der Waals surface area (Å²) in [4.78, 5) is 15.1. The molecule has 0 saturated carbocycles. The van der Waals surface area contributed by atoms with Crippen molar-refractivity contribution in [3.05, 3.63) is 115 Å². The number of aromatic nitrogens is 3. The van der Waals surface area contributed by atoms with Gasteiger partial charge in [-0.2, -0.15) is 0 Å². The number of rotatable bonds is 3. The fourth-order valence-corrected chi connectivity index (χ4v) is 7.61. The highest BCUT2D eigenvalue weighted by Gasteiger charge is 2.20.